The molecule has 1 unspecified atom stereocenters. The third-order valence-electron chi connectivity index (χ3n) is 3.40. The second-order valence-corrected chi connectivity index (χ2v) is 4.64. The molecule has 0 spiro atoms. The number of anilines is 1. The van der Waals surface area contributed by atoms with Crippen LogP contribution in [-0.2, 0) is 15.1 Å². The normalized spacial score (nSPS) is 29.2. The maximum Gasteiger partial charge on any atom is 0.116 e. The average molecular weight is 219 g/mol. The quantitative estimate of drug-likeness (QED) is 0.709. The molecule has 2 aliphatic rings. The van der Waals surface area contributed by atoms with Gasteiger partial charge in [-0.25, -0.2) is 0 Å². The predicted octanol–water partition coefficient (Wildman–Crippen LogP) is 1.77. The zero-order valence-corrected chi connectivity index (χ0v) is 9.61. The van der Waals surface area contributed by atoms with E-state index in [0.717, 1.165) is 32.9 Å². The Morgan fingerprint density at radius 2 is 1.88 bits per heavy atom. The van der Waals surface area contributed by atoms with Crippen LogP contribution in [0.1, 0.15) is 12.5 Å². The zero-order valence-electron chi connectivity index (χ0n) is 9.61. The van der Waals surface area contributed by atoms with E-state index in [1.165, 1.54) is 11.3 Å². The average Bonchev–Trinajstić information content (AvgIpc) is 3.10. The van der Waals surface area contributed by atoms with Gasteiger partial charge in [-0.3, -0.25) is 0 Å². The number of hydrogen-bond acceptors (Lipinski definition) is 3. The van der Waals surface area contributed by atoms with Crippen molar-refractivity contribution in [2.75, 3.05) is 37.8 Å². The summed E-state index contributed by atoms with van der Waals surface area (Å²) in [6, 6.07) is 8.55. The minimum absolute atomic E-state index is 0.0467. The molecular formula is C13H17NO2. The van der Waals surface area contributed by atoms with Gasteiger partial charge in [-0.2, -0.15) is 0 Å². The van der Waals surface area contributed by atoms with Crippen LogP contribution >= 0.6 is 0 Å². The molecule has 2 aliphatic heterocycles. The fraction of sp³-hybridized carbons (Fsp3) is 0.538. The van der Waals surface area contributed by atoms with Crippen molar-refractivity contribution in [1.82, 2.24) is 0 Å². The fourth-order valence-corrected chi connectivity index (χ4v) is 2.26. The maximum absolute atomic E-state index is 5.56. The first-order chi connectivity index (χ1) is 7.80. The summed E-state index contributed by atoms with van der Waals surface area (Å²) >= 11 is 0. The molecule has 3 rings (SSSR count). The Balaban J connectivity index is 1.93. The van der Waals surface area contributed by atoms with Crippen molar-refractivity contribution in [3.63, 3.8) is 0 Å². The van der Waals surface area contributed by atoms with Gasteiger partial charge < -0.3 is 14.4 Å². The number of hydrogen-bond donors (Lipinski definition) is 0. The number of nitrogens with zero attached hydrogens (tertiary/aromatic N) is 1. The van der Waals surface area contributed by atoms with Crippen LogP contribution in [0.25, 0.3) is 0 Å². The molecule has 2 fully saturated rings. The highest BCUT2D eigenvalue weighted by Crippen LogP contribution is 2.42. The Morgan fingerprint density at radius 1 is 1.19 bits per heavy atom. The van der Waals surface area contributed by atoms with Crippen LogP contribution in [0.5, 0.6) is 0 Å². The lowest BCUT2D eigenvalue weighted by Crippen LogP contribution is -2.37. The van der Waals surface area contributed by atoms with Gasteiger partial charge in [0.25, 0.3) is 0 Å². The summed E-state index contributed by atoms with van der Waals surface area (Å²) in [7, 11) is 0. The molecule has 2 heterocycles. The maximum atomic E-state index is 5.56. The highest BCUT2D eigenvalue weighted by Gasteiger charge is 2.43. The molecule has 0 N–H and O–H groups in total. The molecule has 1 atom stereocenters. The van der Waals surface area contributed by atoms with Crippen LogP contribution in [0.4, 0.5) is 5.69 Å². The first-order valence-electron chi connectivity index (χ1n) is 5.86. The lowest BCUT2D eigenvalue weighted by atomic mass is 9.99. The smallest absolute Gasteiger partial charge is 0.116 e. The molecule has 0 bridgehead atoms. The molecule has 0 amide bonds. The lowest BCUT2D eigenvalue weighted by molar-refractivity contribution is 0.122. The van der Waals surface area contributed by atoms with Crippen molar-refractivity contribution in [2.24, 2.45) is 0 Å². The molecule has 0 saturated carbocycles. The van der Waals surface area contributed by atoms with Crippen LogP contribution in [0.2, 0.25) is 0 Å². The molecule has 1 aromatic rings. The highest BCUT2D eigenvalue weighted by molar-refractivity contribution is 5.57. The summed E-state index contributed by atoms with van der Waals surface area (Å²) in [5.74, 6) is 0. The predicted molar refractivity (Wildman–Crippen MR) is 62.8 cm³/mol. The minimum atomic E-state index is -0.0467. The Kier molecular flexibility index (Phi) is 2.37. The summed E-state index contributed by atoms with van der Waals surface area (Å²) in [6.07, 6.45) is 0. The molecule has 2 saturated heterocycles. The number of epoxide rings is 1. The van der Waals surface area contributed by atoms with Gasteiger partial charge in [0.05, 0.1) is 19.8 Å². The van der Waals surface area contributed by atoms with E-state index >= 15 is 0 Å². The van der Waals surface area contributed by atoms with Gasteiger partial charge in [0, 0.05) is 24.3 Å². The van der Waals surface area contributed by atoms with E-state index in [4.69, 9.17) is 9.47 Å². The monoisotopic (exact) mass is 219 g/mol. The minimum Gasteiger partial charge on any atom is -0.378 e. The molecule has 1 aromatic carbocycles. The van der Waals surface area contributed by atoms with Crippen LogP contribution in [0.15, 0.2) is 24.3 Å². The summed E-state index contributed by atoms with van der Waals surface area (Å²) in [6.45, 7) is 6.61. The zero-order chi connectivity index (χ0) is 11.0. The van der Waals surface area contributed by atoms with Gasteiger partial charge in [0.1, 0.15) is 5.60 Å². The second-order valence-electron chi connectivity index (χ2n) is 4.64. The van der Waals surface area contributed by atoms with Crippen molar-refractivity contribution in [3.8, 4) is 0 Å². The van der Waals surface area contributed by atoms with E-state index in [1.807, 2.05) is 0 Å². The van der Waals surface area contributed by atoms with Gasteiger partial charge in [-0.15, -0.1) is 0 Å². The Labute approximate surface area is 96.0 Å². The second kappa shape index (κ2) is 3.75. The summed E-state index contributed by atoms with van der Waals surface area (Å²) in [5.41, 5.74) is 2.58. The SMILES string of the molecule is CC1(c2ccccc2N2CCOCC2)CO1. The molecule has 3 heteroatoms. The van der Waals surface area contributed by atoms with Crippen molar-refractivity contribution < 1.29 is 9.47 Å². The number of morpholine rings is 1. The summed E-state index contributed by atoms with van der Waals surface area (Å²) in [5, 5.41) is 0. The Hall–Kier alpha value is -1.06. The number of rotatable bonds is 2. The molecule has 16 heavy (non-hydrogen) atoms. The third-order valence-corrected chi connectivity index (χ3v) is 3.40. The van der Waals surface area contributed by atoms with E-state index in [1.54, 1.807) is 0 Å². The summed E-state index contributed by atoms with van der Waals surface area (Å²) in [4.78, 5) is 2.39. The largest absolute Gasteiger partial charge is 0.378 e. The molecule has 0 aromatic heterocycles. The van der Waals surface area contributed by atoms with Gasteiger partial charge in [0.2, 0.25) is 0 Å². The van der Waals surface area contributed by atoms with Crippen LogP contribution in [-0.4, -0.2) is 32.9 Å². The molecule has 86 valence electrons. The van der Waals surface area contributed by atoms with Crippen LogP contribution in [0, 0.1) is 0 Å². The number of para-hydroxylation sites is 1. The fourth-order valence-electron chi connectivity index (χ4n) is 2.26. The first-order valence-corrected chi connectivity index (χ1v) is 5.86. The molecule has 0 radical (unpaired) electrons. The highest BCUT2D eigenvalue weighted by atomic mass is 16.6. The van der Waals surface area contributed by atoms with Crippen molar-refractivity contribution in [1.29, 1.82) is 0 Å². The van der Waals surface area contributed by atoms with Crippen molar-refractivity contribution >= 4 is 5.69 Å². The van der Waals surface area contributed by atoms with E-state index < -0.39 is 0 Å². The van der Waals surface area contributed by atoms with Gasteiger partial charge in [-0.05, 0) is 13.0 Å². The summed E-state index contributed by atoms with van der Waals surface area (Å²) < 4.78 is 10.9. The molecule has 3 nitrogen and oxygen atoms in total. The van der Waals surface area contributed by atoms with E-state index in [9.17, 15) is 0 Å². The first kappa shape index (κ1) is 10.1. The van der Waals surface area contributed by atoms with Gasteiger partial charge in [0.15, 0.2) is 0 Å². The number of ether oxygens (including phenoxy) is 2. The Bertz CT molecular complexity index is 381. The van der Waals surface area contributed by atoms with Gasteiger partial charge >= 0.3 is 0 Å². The Morgan fingerprint density at radius 3 is 2.56 bits per heavy atom. The van der Waals surface area contributed by atoms with E-state index in [2.05, 4.69) is 36.1 Å². The topological polar surface area (TPSA) is 25.0 Å². The lowest BCUT2D eigenvalue weighted by Gasteiger charge is -2.31. The van der Waals surface area contributed by atoms with Gasteiger partial charge in [-0.1, -0.05) is 18.2 Å². The molecule has 0 aliphatic carbocycles. The van der Waals surface area contributed by atoms with Crippen LogP contribution < -0.4 is 4.90 Å². The van der Waals surface area contributed by atoms with Crippen molar-refractivity contribution in [2.45, 2.75) is 12.5 Å². The molecular weight excluding hydrogens is 202 g/mol. The van der Waals surface area contributed by atoms with E-state index in [0.29, 0.717) is 0 Å². The van der Waals surface area contributed by atoms with E-state index in [-0.39, 0.29) is 5.60 Å². The number of benzene rings is 1. The standard InChI is InChI=1S/C13H17NO2/c1-13(10-16-13)11-4-2-3-5-12(11)14-6-8-15-9-7-14/h2-5H,6-10H2,1H3. The van der Waals surface area contributed by atoms with Crippen LogP contribution in [0.3, 0.4) is 0 Å². The third kappa shape index (κ3) is 1.70. The van der Waals surface area contributed by atoms with Crippen molar-refractivity contribution in [3.05, 3.63) is 29.8 Å².